The molecule has 1 atom stereocenters. The molecule has 0 saturated carbocycles. The minimum atomic E-state index is -0.293. The molecule has 1 N–H and O–H groups in total. The molecular weight excluding hydrogens is 299 g/mol. The van der Waals surface area contributed by atoms with Gasteiger partial charge in [0.2, 0.25) is 5.91 Å². The summed E-state index contributed by atoms with van der Waals surface area (Å²) < 4.78 is 13.3. The summed E-state index contributed by atoms with van der Waals surface area (Å²) >= 11 is 1.70. The molecule has 3 nitrogen and oxygen atoms in total. The third kappa shape index (κ3) is 3.14. The Hall–Kier alpha value is -1.88. The number of amides is 1. The summed E-state index contributed by atoms with van der Waals surface area (Å²) in [6, 6.07) is 8.88. The second kappa shape index (κ2) is 6.48. The van der Waals surface area contributed by atoms with Crippen LogP contribution in [0.4, 0.5) is 10.1 Å². The predicted octanol–water partition coefficient (Wildman–Crippen LogP) is 3.97. The molecule has 1 aliphatic rings. The van der Waals surface area contributed by atoms with E-state index in [1.165, 1.54) is 17.0 Å². The summed E-state index contributed by atoms with van der Waals surface area (Å²) in [4.78, 5) is 15.7. The quantitative estimate of drug-likeness (QED) is 0.925. The standard InChI is InChI=1S/C17H19FN2OS/c1-12-6-7-13(18)10-14(12)19-11-17(21)20-8-2-4-15(20)16-5-3-9-22-16/h3,5-7,9-10,15,19H,2,4,8,11H2,1H3. The highest BCUT2D eigenvalue weighted by Gasteiger charge is 2.30. The zero-order chi connectivity index (χ0) is 15.5. The number of benzene rings is 1. The minimum absolute atomic E-state index is 0.0690. The van der Waals surface area contributed by atoms with Gasteiger partial charge in [0.1, 0.15) is 5.82 Å². The Kier molecular flexibility index (Phi) is 4.43. The molecule has 1 aliphatic heterocycles. The van der Waals surface area contributed by atoms with E-state index >= 15 is 0 Å². The van der Waals surface area contributed by atoms with E-state index < -0.39 is 0 Å². The van der Waals surface area contributed by atoms with Crippen molar-refractivity contribution in [3.05, 3.63) is 52.0 Å². The van der Waals surface area contributed by atoms with Crippen molar-refractivity contribution in [2.45, 2.75) is 25.8 Å². The number of hydrogen-bond donors (Lipinski definition) is 1. The molecule has 116 valence electrons. The first kappa shape index (κ1) is 15.0. The fourth-order valence-electron chi connectivity index (χ4n) is 2.90. The monoisotopic (exact) mass is 318 g/mol. The van der Waals surface area contributed by atoms with E-state index in [1.54, 1.807) is 17.4 Å². The Morgan fingerprint density at radius 1 is 1.45 bits per heavy atom. The second-order valence-electron chi connectivity index (χ2n) is 5.57. The fraction of sp³-hybridized carbons (Fsp3) is 0.353. The van der Waals surface area contributed by atoms with Gasteiger partial charge in [0.05, 0.1) is 12.6 Å². The highest BCUT2D eigenvalue weighted by Crippen LogP contribution is 2.34. The highest BCUT2D eigenvalue weighted by molar-refractivity contribution is 7.10. The van der Waals surface area contributed by atoms with Gasteiger partial charge in [0, 0.05) is 17.1 Å². The first-order valence-corrected chi connectivity index (χ1v) is 8.36. The molecule has 1 fully saturated rings. The van der Waals surface area contributed by atoms with Crippen LogP contribution < -0.4 is 5.32 Å². The zero-order valence-corrected chi connectivity index (χ0v) is 13.3. The number of carbonyl (C=O) groups excluding carboxylic acids is 1. The van der Waals surface area contributed by atoms with Crippen LogP contribution in [0.25, 0.3) is 0 Å². The highest BCUT2D eigenvalue weighted by atomic mass is 32.1. The summed E-state index contributed by atoms with van der Waals surface area (Å²) in [5.74, 6) is -0.224. The van der Waals surface area contributed by atoms with E-state index in [1.807, 2.05) is 23.3 Å². The Morgan fingerprint density at radius 3 is 3.09 bits per heavy atom. The summed E-state index contributed by atoms with van der Waals surface area (Å²) in [5, 5.41) is 5.11. The van der Waals surface area contributed by atoms with Crippen LogP contribution in [0.1, 0.15) is 29.3 Å². The van der Waals surface area contributed by atoms with Crippen molar-refractivity contribution >= 4 is 22.9 Å². The van der Waals surface area contributed by atoms with Gasteiger partial charge in [0.25, 0.3) is 0 Å². The van der Waals surface area contributed by atoms with E-state index in [0.29, 0.717) is 5.69 Å². The summed E-state index contributed by atoms with van der Waals surface area (Å²) in [6.07, 6.45) is 2.05. The van der Waals surface area contributed by atoms with Gasteiger partial charge >= 0.3 is 0 Å². The fourth-order valence-corrected chi connectivity index (χ4v) is 3.77. The maximum atomic E-state index is 13.3. The number of anilines is 1. The van der Waals surface area contributed by atoms with E-state index in [2.05, 4.69) is 11.4 Å². The molecule has 0 radical (unpaired) electrons. The number of halogens is 1. The van der Waals surface area contributed by atoms with Crippen LogP contribution >= 0.6 is 11.3 Å². The van der Waals surface area contributed by atoms with Gasteiger partial charge in [-0.25, -0.2) is 4.39 Å². The number of nitrogens with one attached hydrogen (secondary N) is 1. The molecule has 0 bridgehead atoms. The van der Waals surface area contributed by atoms with Crippen molar-refractivity contribution in [1.29, 1.82) is 0 Å². The van der Waals surface area contributed by atoms with E-state index in [-0.39, 0.29) is 24.3 Å². The van der Waals surface area contributed by atoms with Crippen molar-refractivity contribution in [3.63, 3.8) is 0 Å². The van der Waals surface area contributed by atoms with Crippen LogP contribution in [0, 0.1) is 12.7 Å². The summed E-state index contributed by atoms with van der Waals surface area (Å²) in [7, 11) is 0. The second-order valence-corrected chi connectivity index (χ2v) is 6.55. The van der Waals surface area contributed by atoms with Gasteiger partial charge in [-0.15, -0.1) is 11.3 Å². The molecule has 1 aromatic carbocycles. The van der Waals surface area contributed by atoms with Crippen molar-refractivity contribution in [3.8, 4) is 0 Å². The molecule has 1 amide bonds. The van der Waals surface area contributed by atoms with E-state index in [4.69, 9.17) is 0 Å². The lowest BCUT2D eigenvalue weighted by molar-refractivity contribution is -0.130. The topological polar surface area (TPSA) is 32.3 Å². The SMILES string of the molecule is Cc1ccc(F)cc1NCC(=O)N1CCCC1c1cccs1. The Bertz CT molecular complexity index is 657. The number of rotatable bonds is 4. The average molecular weight is 318 g/mol. The minimum Gasteiger partial charge on any atom is -0.376 e. The van der Waals surface area contributed by atoms with Crippen LogP contribution in [-0.4, -0.2) is 23.9 Å². The Balaban J connectivity index is 1.65. The molecule has 22 heavy (non-hydrogen) atoms. The van der Waals surface area contributed by atoms with Gasteiger partial charge in [-0.2, -0.15) is 0 Å². The lowest BCUT2D eigenvalue weighted by atomic mass is 10.2. The largest absolute Gasteiger partial charge is 0.376 e. The van der Waals surface area contributed by atoms with Crippen LogP contribution in [0.15, 0.2) is 35.7 Å². The van der Waals surface area contributed by atoms with Gasteiger partial charge in [0.15, 0.2) is 0 Å². The van der Waals surface area contributed by atoms with E-state index in [0.717, 1.165) is 24.9 Å². The zero-order valence-electron chi connectivity index (χ0n) is 12.5. The maximum Gasteiger partial charge on any atom is 0.242 e. The third-order valence-corrected chi connectivity index (χ3v) is 5.05. The third-order valence-electron chi connectivity index (χ3n) is 4.07. The number of hydrogen-bond acceptors (Lipinski definition) is 3. The molecule has 0 aliphatic carbocycles. The molecular formula is C17H19FN2OS. The number of thiophene rings is 1. The predicted molar refractivity (Wildman–Crippen MR) is 87.6 cm³/mol. The molecule has 5 heteroatoms. The molecule has 1 unspecified atom stereocenters. The molecule has 1 aromatic heterocycles. The van der Waals surface area contributed by atoms with Gasteiger partial charge in [-0.05, 0) is 48.9 Å². The summed E-state index contributed by atoms with van der Waals surface area (Å²) in [6.45, 7) is 2.90. The lowest BCUT2D eigenvalue weighted by Crippen LogP contribution is -2.34. The van der Waals surface area contributed by atoms with Crippen LogP contribution in [0.2, 0.25) is 0 Å². The number of carbonyl (C=O) groups is 1. The van der Waals surface area contributed by atoms with E-state index in [9.17, 15) is 9.18 Å². The molecule has 0 spiro atoms. The van der Waals surface area contributed by atoms with Crippen LogP contribution in [0.3, 0.4) is 0 Å². The molecule has 2 heterocycles. The van der Waals surface area contributed by atoms with Gasteiger partial charge in [-0.1, -0.05) is 12.1 Å². The van der Waals surface area contributed by atoms with Gasteiger partial charge < -0.3 is 10.2 Å². The lowest BCUT2D eigenvalue weighted by Gasteiger charge is -2.24. The Morgan fingerprint density at radius 2 is 2.32 bits per heavy atom. The summed E-state index contributed by atoms with van der Waals surface area (Å²) in [5.41, 5.74) is 1.62. The van der Waals surface area contributed by atoms with Crippen LogP contribution in [0.5, 0.6) is 0 Å². The normalized spacial score (nSPS) is 17.7. The van der Waals surface area contributed by atoms with Crippen molar-refractivity contribution in [1.82, 2.24) is 4.90 Å². The number of aryl methyl sites for hydroxylation is 1. The molecule has 3 rings (SSSR count). The molecule has 2 aromatic rings. The number of likely N-dealkylation sites (tertiary alicyclic amines) is 1. The maximum absolute atomic E-state index is 13.3. The van der Waals surface area contributed by atoms with Crippen LogP contribution in [-0.2, 0) is 4.79 Å². The number of nitrogens with zero attached hydrogens (tertiary/aromatic N) is 1. The first-order valence-electron chi connectivity index (χ1n) is 7.48. The smallest absolute Gasteiger partial charge is 0.242 e. The van der Waals surface area contributed by atoms with Crippen molar-refractivity contribution in [2.75, 3.05) is 18.4 Å². The first-order chi connectivity index (χ1) is 10.6. The average Bonchev–Trinajstić information content (AvgIpc) is 3.17. The van der Waals surface area contributed by atoms with Crippen molar-refractivity contribution in [2.24, 2.45) is 0 Å². The van der Waals surface area contributed by atoms with Gasteiger partial charge in [-0.3, -0.25) is 4.79 Å². The Labute approximate surface area is 133 Å². The van der Waals surface area contributed by atoms with Crippen molar-refractivity contribution < 1.29 is 9.18 Å². The molecule has 1 saturated heterocycles.